The molecular weight excluding hydrogens is 253 g/mol. The number of rotatable bonds is 0. The lowest BCUT2D eigenvalue weighted by molar-refractivity contribution is -0.0405. The molecule has 7 heteroatoms. The Hall–Kier alpha value is -0.680. The Morgan fingerprint density at radius 2 is 1.56 bits per heavy atom. The lowest BCUT2D eigenvalue weighted by Crippen LogP contribution is -2.71. The van der Waals surface area contributed by atoms with Gasteiger partial charge in [-0.15, -0.1) is 0 Å². The largest absolute Gasteiger partial charge is 0.359 e. The van der Waals surface area contributed by atoms with Crippen LogP contribution in [0.4, 0.5) is 9.59 Å². The molecule has 1 fully saturated rings. The van der Waals surface area contributed by atoms with E-state index in [-0.39, 0.29) is 0 Å². The molecule has 1 saturated heterocycles. The second-order valence-electron chi connectivity index (χ2n) is 4.96. The molecule has 1 rings (SSSR count). The molecule has 92 valence electrons. The smallest absolute Gasteiger partial charge is 0.301 e. The summed E-state index contributed by atoms with van der Waals surface area (Å²) in [6, 6.07) is -1.31. The molecule has 16 heavy (non-hydrogen) atoms. The maximum Gasteiger partial charge on any atom is 0.359 e. The van der Waals surface area contributed by atoms with Crippen molar-refractivity contribution in [2.24, 2.45) is 5.41 Å². The highest BCUT2D eigenvalue weighted by atomic mass is 35.5. The van der Waals surface area contributed by atoms with Crippen LogP contribution < -0.4 is 0 Å². The van der Waals surface area contributed by atoms with Crippen LogP contribution in [0.3, 0.4) is 0 Å². The Bertz CT molecular complexity index is 318. The van der Waals surface area contributed by atoms with Crippen LogP contribution in [0.25, 0.3) is 0 Å². The van der Waals surface area contributed by atoms with Crippen molar-refractivity contribution in [2.45, 2.75) is 33.4 Å². The summed E-state index contributed by atoms with van der Waals surface area (Å²) in [5, 5.41) is 0. The minimum atomic E-state index is -0.936. The number of halogens is 2. The third kappa shape index (κ3) is 1.53. The van der Waals surface area contributed by atoms with E-state index in [9.17, 15) is 9.59 Å². The van der Waals surface area contributed by atoms with Crippen molar-refractivity contribution in [1.29, 1.82) is 0 Å². The molecule has 0 bridgehead atoms. The summed E-state index contributed by atoms with van der Waals surface area (Å²) < 4.78 is 1.43. The second-order valence-corrected chi connectivity index (χ2v) is 5.63. The molecule has 1 unspecified atom stereocenters. The van der Waals surface area contributed by atoms with Crippen LogP contribution in [0.2, 0.25) is 0 Å². The first-order valence-electron chi connectivity index (χ1n) is 4.79. The Morgan fingerprint density at radius 3 is 1.94 bits per heavy atom. The maximum absolute atomic E-state index is 11.8. The maximum atomic E-state index is 11.8. The van der Waals surface area contributed by atoms with Gasteiger partial charge in [0.15, 0.2) is 0 Å². The van der Waals surface area contributed by atoms with Crippen LogP contribution >= 0.6 is 23.6 Å². The summed E-state index contributed by atoms with van der Waals surface area (Å²) in [7, 11) is 1.56. The van der Waals surface area contributed by atoms with Crippen molar-refractivity contribution < 1.29 is 9.59 Å². The molecule has 1 heterocycles. The van der Waals surface area contributed by atoms with Crippen molar-refractivity contribution >= 4 is 35.6 Å². The van der Waals surface area contributed by atoms with Crippen LogP contribution in [0, 0.1) is 5.41 Å². The van der Waals surface area contributed by atoms with Crippen molar-refractivity contribution in [3.8, 4) is 0 Å². The summed E-state index contributed by atoms with van der Waals surface area (Å²) in [5.74, 6) is 0. The normalized spacial score (nSPS) is 27.8. The number of hydrogen-bond acceptors (Lipinski definition) is 2. The van der Waals surface area contributed by atoms with Crippen LogP contribution in [0.1, 0.15) is 27.7 Å². The molecule has 0 aromatic heterocycles. The fourth-order valence-corrected chi connectivity index (χ4v) is 2.26. The molecule has 1 atom stereocenters. The Balaban J connectivity index is 3.29. The minimum absolute atomic E-state index is 0.410. The predicted molar refractivity (Wildman–Crippen MR) is 61.8 cm³/mol. The van der Waals surface area contributed by atoms with Crippen LogP contribution in [-0.2, 0) is 0 Å². The second kappa shape index (κ2) is 3.67. The Kier molecular flexibility index (Phi) is 3.07. The molecule has 0 saturated carbocycles. The minimum Gasteiger partial charge on any atom is -0.301 e. The Labute approximate surface area is 105 Å². The van der Waals surface area contributed by atoms with Gasteiger partial charge >= 0.3 is 12.1 Å². The van der Waals surface area contributed by atoms with Gasteiger partial charge < -0.3 is 4.90 Å². The van der Waals surface area contributed by atoms with Gasteiger partial charge in [0.1, 0.15) is 5.66 Å². The van der Waals surface area contributed by atoms with Gasteiger partial charge in [-0.3, -0.25) is 0 Å². The number of urea groups is 2. The van der Waals surface area contributed by atoms with Crippen molar-refractivity contribution in [1.82, 2.24) is 13.7 Å². The fraction of sp³-hybridized carbons (Fsp3) is 0.778. The van der Waals surface area contributed by atoms with Crippen LogP contribution in [0.15, 0.2) is 0 Å². The molecular formula is C9H15Cl2N3O2. The van der Waals surface area contributed by atoms with Crippen LogP contribution in [0.5, 0.6) is 0 Å². The zero-order valence-corrected chi connectivity index (χ0v) is 11.4. The molecule has 0 aliphatic carbocycles. The quantitative estimate of drug-likeness (QED) is 0.634. The lowest BCUT2D eigenvalue weighted by atomic mass is 9.80. The van der Waals surface area contributed by atoms with Crippen molar-refractivity contribution in [2.75, 3.05) is 7.05 Å². The van der Waals surface area contributed by atoms with Gasteiger partial charge in [0.2, 0.25) is 0 Å². The number of nitrogens with zero attached hydrogens (tertiary/aromatic N) is 3. The molecule has 1 aliphatic heterocycles. The third-order valence-corrected chi connectivity index (χ3v) is 4.01. The van der Waals surface area contributed by atoms with Gasteiger partial charge in [-0.05, 0) is 6.92 Å². The van der Waals surface area contributed by atoms with E-state index in [1.165, 1.54) is 4.90 Å². The highest BCUT2D eigenvalue weighted by Gasteiger charge is 2.56. The average Bonchev–Trinajstić information content (AvgIpc) is 2.19. The highest BCUT2D eigenvalue weighted by Crippen LogP contribution is 2.42. The highest BCUT2D eigenvalue weighted by molar-refractivity contribution is 6.34. The number of amides is 4. The van der Waals surface area contributed by atoms with Crippen molar-refractivity contribution in [3.63, 3.8) is 0 Å². The number of hydrogen-bond donors (Lipinski definition) is 0. The standard InChI is InChI=1S/C9H15Cl2N3O2/c1-8(2,3)9(4)12(5)6(15)13(10)7(16)14(9)11/h1-5H3. The third-order valence-electron chi connectivity index (χ3n) is 3.25. The average molecular weight is 268 g/mol. The van der Waals surface area contributed by atoms with Gasteiger partial charge in [0.25, 0.3) is 0 Å². The summed E-state index contributed by atoms with van der Waals surface area (Å²) in [4.78, 5) is 24.8. The van der Waals surface area contributed by atoms with E-state index in [0.717, 1.165) is 4.42 Å². The molecule has 0 N–H and O–H groups in total. The number of carbonyl (C=O) groups is 2. The zero-order chi connectivity index (χ0) is 12.9. The van der Waals surface area contributed by atoms with Gasteiger partial charge in [-0.2, -0.15) is 4.42 Å². The summed E-state index contributed by atoms with van der Waals surface area (Å²) >= 11 is 11.5. The summed E-state index contributed by atoms with van der Waals surface area (Å²) in [5.41, 5.74) is -1.35. The predicted octanol–water partition coefficient (Wildman–Crippen LogP) is 2.85. The van der Waals surface area contributed by atoms with Crippen LogP contribution in [-0.4, -0.2) is 38.5 Å². The fourth-order valence-electron chi connectivity index (χ4n) is 1.59. The van der Waals surface area contributed by atoms with E-state index < -0.39 is 23.1 Å². The van der Waals surface area contributed by atoms with Gasteiger partial charge in [0, 0.05) is 36.0 Å². The van der Waals surface area contributed by atoms with E-state index in [1.807, 2.05) is 20.8 Å². The molecule has 0 aromatic carbocycles. The molecule has 0 radical (unpaired) electrons. The monoisotopic (exact) mass is 267 g/mol. The summed E-state index contributed by atoms with van der Waals surface area (Å²) in [6.07, 6.45) is 0. The van der Waals surface area contributed by atoms with E-state index >= 15 is 0 Å². The topological polar surface area (TPSA) is 43.9 Å². The van der Waals surface area contributed by atoms with Gasteiger partial charge in [-0.1, -0.05) is 20.8 Å². The van der Waals surface area contributed by atoms with Gasteiger partial charge in [-0.25, -0.2) is 14.0 Å². The lowest BCUT2D eigenvalue weighted by Gasteiger charge is -2.54. The van der Waals surface area contributed by atoms with Gasteiger partial charge in [0.05, 0.1) is 0 Å². The summed E-state index contributed by atoms with van der Waals surface area (Å²) in [6.45, 7) is 7.40. The van der Waals surface area contributed by atoms with E-state index in [4.69, 9.17) is 23.6 Å². The molecule has 0 aromatic rings. The van der Waals surface area contributed by atoms with E-state index in [2.05, 4.69) is 0 Å². The molecule has 0 spiro atoms. The zero-order valence-electron chi connectivity index (χ0n) is 9.91. The molecule has 4 amide bonds. The van der Waals surface area contributed by atoms with E-state index in [1.54, 1.807) is 14.0 Å². The first-order chi connectivity index (χ1) is 7.05. The number of carbonyl (C=O) groups excluding carboxylic acids is 2. The number of imide groups is 1. The van der Waals surface area contributed by atoms with Crippen molar-refractivity contribution in [3.05, 3.63) is 0 Å². The first kappa shape index (κ1) is 13.4. The Morgan fingerprint density at radius 1 is 1.12 bits per heavy atom. The molecule has 5 nitrogen and oxygen atoms in total. The SMILES string of the molecule is CN1C(=O)N(Cl)C(=O)N(Cl)C1(C)C(C)(C)C. The molecule has 1 aliphatic rings. The first-order valence-corrected chi connectivity index (χ1v) is 5.46. The van der Waals surface area contributed by atoms with E-state index in [0.29, 0.717) is 4.42 Å².